The second-order valence-electron chi connectivity index (χ2n) is 6.39. The molecule has 6 aromatic rings. The van der Waals surface area contributed by atoms with E-state index in [1.165, 1.54) is 20.2 Å². The van der Waals surface area contributed by atoms with Crippen LogP contribution in [0.1, 0.15) is 0 Å². The number of thiophene rings is 1. The van der Waals surface area contributed by atoms with Crippen LogP contribution in [0, 0.1) is 0 Å². The Morgan fingerprint density at radius 2 is 1.56 bits per heavy atom. The molecule has 0 bridgehead atoms. The van der Waals surface area contributed by atoms with Crippen LogP contribution in [0.5, 0.6) is 0 Å². The predicted octanol–water partition coefficient (Wildman–Crippen LogP) is 7.06. The van der Waals surface area contributed by atoms with E-state index >= 15 is 0 Å². The summed E-state index contributed by atoms with van der Waals surface area (Å²) in [7, 11) is 0. The Hall–Kier alpha value is -2.95. The summed E-state index contributed by atoms with van der Waals surface area (Å²) in [5, 5.41) is 3.68. The summed E-state index contributed by atoms with van der Waals surface area (Å²) in [6.07, 6.45) is 0. The third-order valence-corrected chi connectivity index (χ3v) is 6.23. The highest BCUT2D eigenvalue weighted by Gasteiger charge is 2.18. The fourth-order valence-corrected chi connectivity index (χ4v) is 5.00. The highest BCUT2D eigenvalue weighted by atomic mass is 35.5. The molecule has 0 unspecified atom stereocenters. The van der Waals surface area contributed by atoms with Crippen molar-refractivity contribution in [3.8, 4) is 11.3 Å². The summed E-state index contributed by atoms with van der Waals surface area (Å²) < 4.78 is 8.27. The van der Waals surface area contributed by atoms with Crippen molar-refractivity contribution in [1.82, 2.24) is 9.97 Å². The van der Waals surface area contributed by atoms with Crippen molar-refractivity contribution in [2.75, 3.05) is 0 Å². The predicted molar refractivity (Wildman–Crippen MR) is 113 cm³/mol. The Morgan fingerprint density at radius 1 is 0.778 bits per heavy atom. The summed E-state index contributed by atoms with van der Waals surface area (Å²) >= 11 is 8.33. The van der Waals surface area contributed by atoms with E-state index in [9.17, 15) is 0 Å². The van der Waals surface area contributed by atoms with Crippen LogP contribution in [-0.2, 0) is 0 Å². The van der Waals surface area contributed by atoms with Crippen molar-refractivity contribution >= 4 is 65.3 Å². The molecule has 5 heteroatoms. The molecule has 0 aliphatic heterocycles. The maximum absolute atomic E-state index is 6.55. The molecule has 3 aromatic heterocycles. The lowest BCUT2D eigenvalue weighted by atomic mass is 10.0. The van der Waals surface area contributed by atoms with Gasteiger partial charge < -0.3 is 4.42 Å². The van der Waals surface area contributed by atoms with E-state index in [4.69, 9.17) is 21.0 Å². The van der Waals surface area contributed by atoms with Gasteiger partial charge in [-0.3, -0.25) is 0 Å². The van der Waals surface area contributed by atoms with E-state index in [-0.39, 0.29) is 0 Å². The average molecular weight is 387 g/mol. The minimum absolute atomic E-state index is 0.351. The van der Waals surface area contributed by atoms with Gasteiger partial charge in [-0.25, -0.2) is 4.98 Å². The van der Waals surface area contributed by atoms with Gasteiger partial charge in [-0.1, -0.05) is 54.1 Å². The second-order valence-corrected chi connectivity index (χ2v) is 7.83. The van der Waals surface area contributed by atoms with Crippen LogP contribution < -0.4 is 0 Å². The molecule has 0 aliphatic carbocycles. The third-order valence-electron chi connectivity index (χ3n) is 4.83. The van der Waals surface area contributed by atoms with Crippen LogP contribution in [0.3, 0.4) is 0 Å². The minimum Gasteiger partial charge on any atom is -0.436 e. The molecule has 128 valence electrons. The molecule has 3 heterocycles. The first-order valence-electron chi connectivity index (χ1n) is 8.55. The van der Waals surface area contributed by atoms with Crippen LogP contribution >= 0.6 is 22.9 Å². The van der Waals surface area contributed by atoms with Gasteiger partial charge in [0.05, 0.1) is 0 Å². The van der Waals surface area contributed by atoms with Crippen LogP contribution in [0.2, 0.25) is 5.15 Å². The molecule has 0 saturated carbocycles. The zero-order chi connectivity index (χ0) is 18.0. The van der Waals surface area contributed by atoms with Gasteiger partial charge in [0, 0.05) is 31.1 Å². The Kier molecular flexibility index (Phi) is 3.10. The zero-order valence-electron chi connectivity index (χ0n) is 13.9. The maximum Gasteiger partial charge on any atom is 0.247 e. The number of para-hydroxylation sites is 1. The lowest BCUT2D eigenvalue weighted by Crippen LogP contribution is -1.90. The molecule has 27 heavy (non-hydrogen) atoms. The molecule has 0 fully saturated rings. The first kappa shape index (κ1) is 15.1. The van der Waals surface area contributed by atoms with Crippen molar-refractivity contribution < 1.29 is 4.42 Å². The van der Waals surface area contributed by atoms with Gasteiger partial charge in [-0.2, -0.15) is 4.98 Å². The van der Waals surface area contributed by atoms with Gasteiger partial charge in [-0.15, -0.1) is 11.3 Å². The number of benzene rings is 3. The fraction of sp³-hybridized carbons (Fsp3) is 0. The molecule has 0 saturated heterocycles. The molecule has 3 aromatic carbocycles. The molecule has 0 atom stereocenters. The Balaban J connectivity index is 1.75. The molecular weight excluding hydrogens is 376 g/mol. The van der Waals surface area contributed by atoms with Crippen molar-refractivity contribution in [1.29, 1.82) is 0 Å². The summed E-state index contributed by atoms with van der Waals surface area (Å²) in [6.45, 7) is 0. The first-order valence-corrected chi connectivity index (χ1v) is 9.74. The van der Waals surface area contributed by atoms with E-state index in [1.54, 1.807) is 11.3 Å². The number of hydrogen-bond donors (Lipinski definition) is 0. The van der Waals surface area contributed by atoms with Crippen LogP contribution in [0.15, 0.2) is 71.1 Å². The first-order chi connectivity index (χ1) is 13.3. The average Bonchev–Trinajstić information content (AvgIpc) is 3.24. The van der Waals surface area contributed by atoms with E-state index in [1.807, 2.05) is 30.3 Å². The lowest BCUT2D eigenvalue weighted by Gasteiger charge is -2.06. The van der Waals surface area contributed by atoms with Gasteiger partial charge in [0.2, 0.25) is 5.71 Å². The normalized spacial score (nSPS) is 11.9. The Bertz CT molecular complexity index is 1500. The number of furan rings is 1. The molecule has 0 aliphatic rings. The summed E-state index contributed by atoms with van der Waals surface area (Å²) in [5.41, 5.74) is 3.65. The van der Waals surface area contributed by atoms with Crippen molar-refractivity contribution in [3.05, 3.63) is 71.9 Å². The number of hydrogen-bond acceptors (Lipinski definition) is 4. The monoisotopic (exact) mass is 386 g/mol. The minimum atomic E-state index is 0.351. The van der Waals surface area contributed by atoms with Gasteiger partial charge in [-0.05, 0) is 24.3 Å². The molecule has 0 spiro atoms. The van der Waals surface area contributed by atoms with Crippen molar-refractivity contribution in [2.45, 2.75) is 0 Å². The highest BCUT2D eigenvalue weighted by molar-refractivity contribution is 7.25. The van der Waals surface area contributed by atoms with Crippen molar-refractivity contribution in [2.24, 2.45) is 0 Å². The molecule has 6 rings (SSSR count). The Labute approximate surface area is 162 Å². The number of rotatable bonds is 1. The number of halogens is 1. The van der Waals surface area contributed by atoms with Gasteiger partial charge >= 0.3 is 0 Å². The largest absolute Gasteiger partial charge is 0.436 e. The van der Waals surface area contributed by atoms with E-state index in [0.29, 0.717) is 16.6 Å². The van der Waals surface area contributed by atoms with Crippen molar-refractivity contribution in [3.63, 3.8) is 0 Å². The van der Waals surface area contributed by atoms with Gasteiger partial charge in [0.15, 0.2) is 5.15 Å². The quantitative estimate of drug-likeness (QED) is 0.303. The molecule has 0 amide bonds. The maximum atomic E-state index is 6.55. The highest BCUT2D eigenvalue weighted by Crippen LogP contribution is 2.41. The molecular formula is C22H11ClN2OS. The van der Waals surface area contributed by atoms with E-state index in [2.05, 4.69) is 41.4 Å². The SMILES string of the molecule is Clc1nc2oc3ccccc3c2nc1-c1cccc2sc3ccccc3c12. The van der Waals surface area contributed by atoms with E-state index in [0.717, 1.165) is 22.0 Å². The van der Waals surface area contributed by atoms with Crippen LogP contribution in [0.25, 0.3) is 53.6 Å². The molecule has 3 nitrogen and oxygen atoms in total. The Morgan fingerprint density at radius 3 is 2.48 bits per heavy atom. The number of fused-ring (bicyclic) bond motifs is 6. The zero-order valence-corrected chi connectivity index (χ0v) is 15.5. The third kappa shape index (κ3) is 2.14. The van der Waals surface area contributed by atoms with Crippen LogP contribution in [-0.4, -0.2) is 9.97 Å². The van der Waals surface area contributed by atoms with Gasteiger partial charge in [0.1, 0.15) is 16.8 Å². The number of aromatic nitrogens is 2. The lowest BCUT2D eigenvalue weighted by molar-refractivity contribution is 0.653. The standard InChI is InChI=1S/C22H11ClN2OS/c23-21-19(24-20-12-6-1-3-9-15(12)26-22(20)25-21)14-8-5-11-17-18(14)13-7-2-4-10-16(13)27-17/h1-11H. The summed E-state index contributed by atoms with van der Waals surface area (Å²) in [5.74, 6) is 0. The smallest absolute Gasteiger partial charge is 0.247 e. The molecule has 0 N–H and O–H groups in total. The van der Waals surface area contributed by atoms with Gasteiger partial charge in [0.25, 0.3) is 0 Å². The summed E-state index contributed by atoms with van der Waals surface area (Å²) in [4.78, 5) is 9.39. The molecule has 0 radical (unpaired) electrons. The topological polar surface area (TPSA) is 38.9 Å². The fourth-order valence-electron chi connectivity index (χ4n) is 3.65. The van der Waals surface area contributed by atoms with E-state index < -0.39 is 0 Å². The summed E-state index contributed by atoms with van der Waals surface area (Å²) in [6, 6.07) is 22.5. The van der Waals surface area contributed by atoms with Crippen LogP contribution in [0.4, 0.5) is 0 Å². The second kappa shape index (κ2) is 5.52. The number of nitrogens with zero attached hydrogens (tertiary/aromatic N) is 2.